The molecule has 1 atom stereocenters. The van der Waals surface area contributed by atoms with Crippen LogP contribution in [-0.2, 0) is 20.4 Å². The van der Waals surface area contributed by atoms with Gasteiger partial charge in [-0.2, -0.15) is 0 Å². The highest BCUT2D eigenvalue weighted by Crippen LogP contribution is 2.27. The van der Waals surface area contributed by atoms with Gasteiger partial charge in [0, 0.05) is 5.69 Å². The molecule has 0 radical (unpaired) electrons. The van der Waals surface area contributed by atoms with Gasteiger partial charge in [0.15, 0.2) is 9.84 Å². The van der Waals surface area contributed by atoms with Crippen molar-refractivity contribution in [3.05, 3.63) is 65.7 Å². The average Bonchev–Trinajstić information content (AvgIpc) is 2.70. The number of sulfone groups is 1. The molecule has 1 aliphatic rings. The summed E-state index contributed by atoms with van der Waals surface area (Å²) in [5.41, 5.74) is 2.37. The van der Waals surface area contributed by atoms with Gasteiger partial charge in [-0.3, -0.25) is 4.79 Å². The summed E-state index contributed by atoms with van der Waals surface area (Å²) in [6.07, 6.45) is 5.37. The Kier molecular flexibility index (Phi) is 6.89. The van der Waals surface area contributed by atoms with E-state index in [0.29, 0.717) is 12.1 Å². The molecule has 28 heavy (non-hydrogen) atoms. The molecule has 150 valence electrons. The van der Waals surface area contributed by atoms with Gasteiger partial charge >= 0.3 is 0 Å². The zero-order chi connectivity index (χ0) is 20.0. The monoisotopic (exact) mass is 399 g/mol. The van der Waals surface area contributed by atoms with Crippen LogP contribution in [0.1, 0.15) is 62.5 Å². The maximum atomic E-state index is 12.8. The van der Waals surface area contributed by atoms with Crippen LogP contribution < -0.4 is 5.32 Å². The first-order valence-electron chi connectivity index (χ1n) is 10.2. The largest absolute Gasteiger partial charge is 0.326 e. The Labute approximate surface area is 168 Å². The van der Waals surface area contributed by atoms with E-state index in [2.05, 4.69) is 5.32 Å². The van der Waals surface area contributed by atoms with Crippen LogP contribution in [0.15, 0.2) is 54.6 Å². The molecule has 4 nitrogen and oxygen atoms in total. The lowest BCUT2D eigenvalue weighted by molar-refractivity contribution is -0.117. The summed E-state index contributed by atoms with van der Waals surface area (Å²) in [4.78, 5) is 12.8. The van der Waals surface area contributed by atoms with E-state index in [-0.39, 0.29) is 22.8 Å². The topological polar surface area (TPSA) is 63.2 Å². The fraction of sp³-hybridized carbons (Fsp3) is 0.435. The molecule has 2 aromatic carbocycles. The van der Waals surface area contributed by atoms with E-state index in [9.17, 15) is 13.2 Å². The highest BCUT2D eigenvalue weighted by molar-refractivity contribution is 7.91. The van der Waals surface area contributed by atoms with Gasteiger partial charge in [0.05, 0.1) is 16.9 Å². The predicted octanol–water partition coefficient (Wildman–Crippen LogP) is 5.07. The zero-order valence-electron chi connectivity index (χ0n) is 16.4. The minimum atomic E-state index is -3.16. The van der Waals surface area contributed by atoms with Crippen LogP contribution in [0, 0.1) is 0 Å². The number of carbonyl (C=O) groups is 1. The van der Waals surface area contributed by atoms with Gasteiger partial charge in [0.25, 0.3) is 0 Å². The number of nitrogens with one attached hydrogen (secondary N) is 1. The highest BCUT2D eigenvalue weighted by atomic mass is 32.2. The molecule has 3 rings (SSSR count). The summed E-state index contributed by atoms with van der Waals surface area (Å²) >= 11 is 0. The number of amides is 1. The van der Waals surface area contributed by atoms with E-state index in [1.54, 1.807) is 6.07 Å². The third kappa shape index (κ3) is 5.22. The van der Waals surface area contributed by atoms with Crippen molar-refractivity contribution in [2.75, 3.05) is 5.32 Å². The molecule has 1 saturated carbocycles. The van der Waals surface area contributed by atoms with Gasteiger partial charge in [0.1, 0.15) is 0 Å². The molecule has 1 aliphatic carbocycles. The average molecular weight is 400 g/mol. The summed E-state index contributed by atoms with van der Waals surface area (Å²) in [5.74, 6) is -0.256. The van der Waals surface area contributed by atoms with E-state index >= 15 is 0 Å². The molecule has 1 fully saturated rings. The molecule has 5 heteroatoms. The highest BCUT2D eigenvalue weighted by Gasteiger charge is 2.27. The maximum absolute atomic E-state index is 12.8. The lowest BCUT2D eigenvalue weighted by Gasteiger charge is -2.22. The Hall–Kier alpha value is -2.14. The first-order chi connectivity index (χ1) is 13.5. The van der Waals surface area contributed by atoms with Crippen molar-refractivity contribution in [1.82, 2.24) is 0 Å². The second-order valence-electron chi connectivity index (χ2n) is 7.63. The molecular formula is C23H29NO3S. The van der Waals surface area contributed by atoms with Crippen molar-refractivity contribution in [3.63, 3.8) is 0 Å². The Bertz CT molecular complexity index is 887. The van der Waals surface area contributed by atoms with Crippen LogP contribution >= 0.6 is 0 Å². The van der Waals surface area contributed by atoms with Crippen LogP contribution in [0.25, 0.3) is 0 Å². The molecule has 0 aromatic heterocycles. The number of benzene rings is 2. The number of hydrogen-bond acceptors (Lipinski definition) is 3. The Balaban J connectivity index is 1.70. The van der Waals surface area contributed by atoms with Crippen LogP contribution in [0.5, 0.6) is 0 Å². The van der Waals surface area contributed by atoms with E-state index < -0.39 is 9.84 Å². The van der Waals surface area contributed by atoms with Crippen molar-refractivity contribution in [2.45, 2.75) is 62.4 Å². The lowest BCUT2D eigenvalue weighted by atomic mass is 9.95. The second-order valence-corrected chi connectivity index (χ2v) is 9.91. The smallest absolute Gasteiger partial charge is 0.231 e. The quantitative estimate of drug-likeness (QED) is 0.707. The summed E-state index contributed by atoms with van der Waals surface area (Å²) in [6.45, 7) is 1.99. The van der Waals surface area contributed by atoms with Crippen molar-refractivity contribution < 1.29 is 13.2 Å². The fourth-order valence-electron chi connectivity index (χ4n) is 4.00. The van der Waals surface area contributed by atoms with Gasteiger partial charge in [-0.05, 0) is 42.5 Å². The molecule has 1 unspecified atom stereocenters. The predicted molar refractivity (Wildman–Crippen MR) is 114 cm³/mol. The molecular weight excluding hydrogens is 370 g/mol. The first-order valence-corrected chi connectivity index (χ1v) is 11.9. The molecule has 0 bridgehead atoms. The SMILES string of the molecule is CCC(C(=O)Nc1cccc(CS(=O)(=O)C2CCCCC2)c1)c1ccccc1. The normalized spacial score (nSPS) is 16.5. The number of rotatable bonds is 7. The summed E-state index contributed by atoms with van der Waals surface area (Å²) in [7, 11) is -3.16. The van der Waals surface area contributed by atoms with Crippen LogP contribution in [0.2, 0.25) is 0 Å². The zero-order valence-corrected chi connectivity index (χ0v) is 17.3. The molecule has 0 spiro atoms. The number of carbonyl (C=O) groups excluding carboxylic acids is 1. The minimum absolute atomic E-state index is 0.0390. The van der Waals surface area contributed by atoms with Crippen molar-refractivity contribution >= 4 is 21.4 Å². The van der Waals surface area contributed by atoms with Crippen LogP contribution in [-0.4, -0.2) is 19.6 Å². The van der Waals surface area contributed by atoms with E-state index in [0.717, 1.165) is 43.2 Å². The van der Waals surface area contributed by atoms with Crippen molar-refractivity contribution in [2.24, 2.45) is 0 Å². The van der Waals surface area contributed by atoms with Crippen LogP contribution in [0.3, 0.4) is 0 Å². The van der Waals surface area contributed by atoms with E-state index in [1.807, 2.05) is 55.5 Å². The van der Waals surface area contributed by atoms with Crippen LogP contribution in [0.4, 0.5) is 5.69 Å². The number of hydrogen-bond donors (Lipinski definition) is 1. The third-order valence-corrected chi connectivity index (χ3v) is 7.77. The Morgan fingerprint density at radius 2 is 1.75 bits per heavy atom. The maximum Gasteiger partial charge on any atom is 0.231 e. The second kappa shape index (κ2) is 9.37. The fourth-order valence-corrected chi connectivity index (χ4v) is 5.93. The molecule has 1 N–H and O–H groups in total. The third-order valence-electron chi connectivity index (χ3n) is 5.55. The lowest BCUT2D eigenvalue weighted by Crippen LogP contribution is -2.25. The first kappa shape index (κ1) is 20.6. The molecule has 0 heterocycles. The van der Waals surface area contributed by atoms with Crippen molar-refractivity contribution in [3.8, 4) is 0 Å². The minimum Gasteiger partial charge on any atom is -0.326 e. The van der Waals surface area contributed by atoms with Gasteiger partial charge < -0.3 is 5.32 Å². The summed E-state index contributed by atoms with van der Waals surface area (Å²) < 4.78 is 25.5. The van der Waals surface area contributed by atoms with Gasteiger partial charge in [-0.15, -0.1) is 0 Å². The summed E-state index contributed by atoms with van der Waals surface area (Å²) in [5, 5.41) is 2.74. The van der Waals surface area contributed by atoms with Gasteiger partial charge in [-0.1, -0.05) is 68.7 Å². The molecule has 1 amide bonds. The standard InChI is InChI=1S/C23H29NO3S/c1-2-22(19-11-5-3-6-12-19)23(25)24-20-13-9-10-18(16-20)17-28(26,27)21-14-7-4-8-15-21/h3,5-6,9-13,16,21-22H,2,4,7-8,14-15,17H2,1H3,(H,24,25). The number of anilines is 1. The molecule has 0 saturated heterocycles. The molecule has 2 aromatic rings. The Morgan fingerprint density at radius 3 is 2.43 bits per heavy atom. The van der Waals surface area contributed by atoms with E-state index in [4.69, 9.17) is 0 Å². The van der Waals surface area contributed by atoms with Gasteiger partial charge in [0.2, 0.25) is 5.91 Å². The van der Waals surface area contributed by atoms with Crippen molar-refractivity contribution in [1.29, 1.82) is 0 Å². The van der Waals surface area contributed by atoms with Gasteiger partial charge in [-0.25, -0.2) is 8.42 Å². The Morgan fingerprint density at radius 1 is 1.04 bits per heavy atom. The van der Waals surface area contributed by atoms with E-state index in [1.165, 1.54) is 0 Å². The summed E-state index contributed by atoms with van der Waals surface area (Å²) in [6, 6.07) is 17.0. The molecule has 0 aliphatic heterocycles.